The van der Waals surface area contributed by atoms with Crippen LogP contribution >= 0.6 is 0 Å². The molecule has 0 N–H and O–H groups in total. The molecule has 0 spiro atoms. The molecule has 0 unspecified atom stereocenters. The van der Waals surface area contributed by atoms with E-state index in [9.17, 15) is 0 Å². The highest BCUT2D eigenvalue weighted by Crippen LogP contribution is 2.35. The smallest absolute Gasteiger partial charge is 0.166 e. The molecule has 34 heavy (non-hydrogen) atoms. The second-order valence-electron chi connectivity index (χ2n) is 9.01. The van der Waals surface area contributed by atoms with E-state index in [-0.39, 0.29) is 16.3 Å². The first-order valence-electron chi connectivity index (χ1n) is 11.3. The molecule has 4 aromatic carbocycles. The Morgan fingerprint density at radius 1 is 0.471 bits per heavy atom. The van der Waals surface area contributed by atoms with E-state index in [0.29, 0.717) is 0 Å². The Labute approximate surface area is 205 Å². The number of methoxy groups -OCH3 is 2. The van der Waals surface area contributed by atoms with Crippen LogP contribution in [0, 0.1) is 0 Å². The van der Waals surface area contributed by atoms with Gasteiger partial charge in [0.15, 0.2) is 14.7 Å². The Bertz CT molecular complexity index is 1140. The molecule has 174 valence electrons. The molecule has 3 nitrogen and oxygen atoms in total. The minimum absolute atomic E-state index is 0.124. The van der Waals surface area contributed by atoms with Gasteiger partial charge in [0.2, 0.25) is 0 Å². The van der Waals surface area contributed by atoms with Crippen LogP contribution < -0.4 is 14.2 Å². The van der Waals surface area contributed by atoms with Crippen LogP contribution in [-0.4, -0.2) is 14.2 Å². The van der Waals surface area contributed by atoms with Crippen molar-refractivity contribution >= 4 is 10.9 Å². The van der Waals surface area contributed by atoms with Gasteiger partial charge in [-0.3, -0.25) is 0 Å². The van der Waals surface area contributed by atoms with Gasteiger partial charge in [-0.15, -0.1) is 0 Å². The predicted octanol–water partition coefficient (Wildman–Crippen LogP) is 7.89. The van der Waals surface area contributed by atoms with Crippen molar-refractivity contribution in [3.05, 3.63) is 103 Å². The zero-order valence-corrected chi connectivity index (χ0v) is 21.2. The van der Waals surface area contributed by atoms with Gasteiger partial charge < -0.3 is 14.2 Å². The van der Waals surface area contributed by atoms with E-state index < -0.39 is 0 Å². The molecule has 0 aliphatic rings. The normalized spacial score (nSPS) is 11.4. The van der Waals surface area contributed by atoms with Gasteiger partial charge in [0, 0.05) is 0 Å². The van der Waals surface area contributed by atoms with Crippen molar-refractivity contribution in [1.29, 1.82) is 0 Å². The van der Waals surface area contributed by atoms with Crippen molar-refractivity contribution in [2.75, 3.05) is 14.2 Å². The third kappa shape index (κ3) is 5.57. The summed E-state index contributed by atoms with van der Waals surface area (Å²) in [6.07, 6.45) is 0. The highest BCUT2D eigenvalue weighted by molar-refractivity contribution is 7.97. The van der Waals surface area contributed by atoms with E-state index in [1.54, 1.807) is 14.2 Å². The Hall–Kier alpha value is -3.37. The summed E-state index contributed by atoms with van der Waals surface area (Å²) < 4.78 is 16.8. The first-order chi connectivity index (χ1) is 16.4. The lowest BCUT2D eigenvalue weighted by atomic mass is 9.87. The second kappa shape index (κ2) is 10.3. The van der Waals surface area contributed by atoms with Crippen molar-refractivity contribution in [2.24, 2.45) is 0 Å². The SMILES string of the molecule is COc1ccc([S+](c2ccc(OC)cc2)c2ccc(Oc3ccc(C(C)(C)C)cc3)cc2)cc1. The Morgan fingerprint density at radius 3 is 1.12 bits per heavy atom. The van der Waals surface area contributed by atoms with E-state index in [0.717, 1.165) is 23.0 Å². The zero-order valence-electron chi connectivity index (χ0n) is 20.4. The molecular formula is C30H31O3S+. The highest BCUT2D eigenvalue weighted by atomic mass is 32.2. The average molecular weight is 472 g/mol. The van der Waals surface area contributed by atoms with E-state index in [2.05, 4.69) is 69.3 Å². The van der Waals surface area contributed by atoms with E-state index >= 15 is 0 Å². The summed E-state index contributed by atoms with van der Waals surface area (Å²) in [7, 11) is 3.11. The topological polar surface area (TPSA) is 27.7 Å². The van der Waals surface area contributed by atoms with Gasteiger partial charge in [-0.2, -0.15) is 0 Å². The fourth-order valence-corrected chi connectivity index (χ4v) is 5.68. The van der Waals surface area contributed by atoms with E-state index in [4.69, 9.17) is 14.2 Å². The van der Waals surface area contributed by atoms with Crippen LogP contribution in [0.1, 0.15) is 26.3 Å². The molecule has 0 amide bonds. The summed E-state index contributed by atoms with van der Waals surface area (Å²) in [6, 6.07) is 33.3. The zero-order chi connectivity index (χ0) is 24.1. The van der Waals surface area contributed by atoms with Gasteiger partial charge >= 0.3 is 0 Å². The summed E-state index contributed by atoms with van der Waals surface area (Å²) in [4.78, 5) is 3.65. The van der Waals surface area contributed by atoms with Crippen molar-refractivity contribution in [2.45, 2.75) is 40.9 Å². The maximum absolute atomic E-state index is 6.12. The van der Waals surface area contributed by atoms with Gasteiger partial charge in [-0.25, -0.2) is 0 Å². The van der Waals surface area contributed by atoms with Crippen LogP contribution in [0.5, 0.6) is 23.0 Å². The first-order valence-corrected chi connectivity index (χ1v) is 12.5. The minimum atomic E-state index is -0.270. The fraction of sp³-hybridized carbons (Fsp3) is 0.200. The molecule has 4 heteroatoms. The Morgan fingerprint density at radius 2 is 0.794 bits per heavy atom. The molecular weight excluding hydrogens is 440 g/mol. The standard InChI is InChI=1S/C30H31O3S/c1-30(2,3)22-6-8-25(9-7-22)33-26-14-20-29(21-15-26)34(27-16-10-23(31-4)11-17-27)28-18-12-24(32-5)13-19-28/h6-21H,1-5H3/q+1. The van der Waals surface area contributed by atoms with Gasteiger partial charge in [-0.05, 0) is 95.9 Å². The first kappa shape index (κ1) is 23.8. The lowest BCUT2D eigenvalue weighted by Crippen LogP contribution is -2.10. The Balaban J connectivity index is 1.61. The van der Waals surface area contributed by atoms with Gasteiger partial charge in [0.25, 0.3) is 0 Å². The highest BCUT2D eigenvalue weighted by Gasteiger charge is 2.29. The molecule has 0 bridgehead atoms. The van der Waals surface area contributed by atoms with Crippen LogP contribution in [0.25, 0.3) is 0 Å². The lowest BCUT2D eigenvalue weighted by Gasteiger charge is -2.19. The molecule has 0 atom stereocenters. The van der Waals surface area contributed by atoms with Crippen LogP contribution in [0.2, 0.25) is 0 Å². The molecule has 0 fully saturated rings. The summed E-state index contributed by atoms with van der Waals surface area (Å²) in [5, 5.41) is 0. The van der Waals surface area contributed by atoms with Crippen molar-refractivity contribution < 1.29 is 14.2 Å². The molecule has 0 aliphatic heterocycles. The van der Waals surface area contributed by atoms with Gasteiger partial charge in [0.05, 0.1) is 25.1 Å². The molecule has 0 saturated carbocycles. The lowest BCUT2D eigenvalue weighted by molar-refractivity contribution is 0.414. The average Bonchev–Trinajstić information content (AvgIpc) is 2.86. The van der Waals surface area contributed by atoms with Crippen LogP contribution in [0.4, 0.5) is 0 Å². The van der Waals surface area contributed by atoms with Crippen LogP contribution in [0.15, 0.2) is 112 Å². The van der Waals surface area contributed by atoms with Crippen LogP contribution in [0.3, 0.4) is 0 Å². The number of hydrogen-bond donors (Lipinski definition) is 0. The Kier molecular flexibility index (Phi) is 7.18. The van der Waals surface area contributed by atoms with E-state index in [1.807, 2.05) is 48.5 Å². The maximum atomic E-state index is 6.12. The molecule has 0 heterocycles. The second-order valence-corrected chi connectivity index (χ2v) is 11.0. The molecule has 4 aromatic rings. The third-order valence-electron chi connectivity index (χ3n) is 5.61. The third-order valence-corrected chi connectivity index (χ3v) is 7.84. The molecule has 0 aromatic heterocycles. The maximum Gasteiger partial charge on any atom is 0.166 e. The molecule has 4 rings (SSSR count). The predicted molar refractivity (Wildman–Crippen MR) is 140 cm³/mol. The molecule has 0 saturated heterocycles. The summed E-state index contributed by atoms with van der Waals surface area (Å²) >= 11 is 0. The summed E-state index contributed by atoms with van der Waals surface area (Å²) in [6.45, 7) is 6.64. The quantitative estimate of drug-likeness (QED) is 0.257. The van der Waals surface area contributed by atoms with Crippen molar-refractivity contribution in [3.63, 3.8) is 0 Å². The van der Waals surface area contributed by atoms with Crippen LogP contribution in [-0.2, 0) is 16.3 Å². The summed E-state index contributed by atoms with van der Waals surface area (Å²) in [5.74, 6) is 3.36. The fourth-order valence-electron chi connectivity index (χ4n) is 3.63. The van der Waals surface area contributed by atoms with E-state index in [1.165, 1.54) is 20.2 Å². The monoisotopic (exact) mass is 471 g/mol. The number of hydrogen-bond acceptors (Lipinski definition) is 3. The minimum Gasteiger partial charge on any atom is -0.497 e. The molecule has 0 aliphatic carbocycles. The van der Waals surface area contributed by atoms with Crippen molar-refractivity contribution in [1.82, 2.24) is 0 Å². The number of ether oxygens (including phenoxy) is 3. The number of rotatable bonds is 7. The van der Waals surface area contributed by atoms with Crippen molar-refractivity contribution in [3.8, 4) is 23.0 Å². The van der Waals surface area contributed by atoms with Gasteiger partial charge in [-0.1, -0.05) is 32.9 Å². The molecule has 0 radical (unpaired) electrons. The summed E-state index contributed by atoms with van der Waals surface area (Å²) in [5.41, 5.74) is 1.41. The van der Waals surface area contributed by atoms with Gasteiger partial charge in [0.1, 0.15) is 23.0 Å². The number of benzene rings is 4. The largest absolute Gasteiger partial charge is 0.497 e.